The van der Waals surface area contributed by atoms with Crippen LogP contribution in [-0.2, 0) is 14.4 Å². The average molecular weight is 1290 g/mol. The molecular formula is C18H34I6N3O3S6-. The molecule has 18 heteroatoms. The topological polar surface area (TPSA) is 101 Å². The number of carbonyl (C=O) groups is 3. The molecule has 0 spiro atoms. The summed E-state index contributed by atoms with van der Waals surface area (Å²) in [5, 5.41) is 5.76. The predicted octanol–water partition coefficient (Wildman–Crippen LogP) is 5.20. The minimum absolute atomic E-state index is 0. The molecule has 1 rings (SSSR count). The van der Waals surface area contributed by atoms with Crippen molar-refractivity contribution in [3.63, 3.8) is 0 Å². The Morgan fingerprint density at radius 2 is 1.42 bits per heavy atom. The molecule has 0 unspecified atom stereocenters. The van der Waals surface area contributed by atoms with Crippen LogP contribution >= 0.6 is 172 Å². The Morgan fingerprint density at radius 3 is 1.47 bits per heavy atom. The molecule has 0 atom stereocenters. The van der Waals surface area contributed by atoms with Gasteiger partial charge in [-0.2, -0.15) is 0 Å². The molecule has 0 bridgehead atoms. The number of hydrogen-bond donors (Lipinski definition) is 4. The Labute approximate surface area is 318 Å². The zero-order chi connectivity index (χ0) is 28.9. The van der Waals surface area contributed by atoms with Crippen molar-refractivity contribution in [2.45, 2.75) is 79.4 Å². The summed E-state index contributed by atoms with van der Waals surface area (Å²) in [5.41, 5.74) is 3.66. The van der Waals surface area contributed by atoms with E-state index in [2.05, 4.69) is 134 Å². The molecule has 0 aliphatic carbocycles. The summed E-state index contributed by atoms with van der Waals surface area (Å²) < 4.78 is 2.85. The maximum atomic E-state index is 10.9. The van der Waals surface area contributed by atoms with E-state index in [1.165, 1.54) is 13.8 Å². The third-order valence-electron chi connectivity index (χ3n) is 3.32. The van der Waals surface area contributed by atoms with E-state index in [0.717, 1.165) is 11.8 Å². The third kappa shape index (κ3) is 40.2. The summed E-state index contributed by atoms with van der Waals surface area (Å²) in [6.07, 6.45) is 0. The van der Waals surface area contributed by atoms with Crippen LogP contribution in [0.15, 0.2) is 0 Å². The van der Waals surface area contributed by atoms with Gasteiger partial charge < -0.3 is 16.4 Å². The number of thioether (sulfide) groups is 1. The Morgan fingerprint density at radius 1 is 1.14 bits per heavy atom. The normalized spacial score (nSPS) is 12.3. The second-order valence-electron chi connectivity index (χ2n) is 7.45. The van der Waals surface area contributed by atoms with Crippen LogP contribution in [0.1, 0.15) is 62.8 Å². The van der Waals surface area contributed by atoms with Gasteiger partial charge in [-0.15, -0.1) is 36.6 Å². The quantitative estimate of drug-likeness (QED) is 0.171. The summed E-state index contributed by atoms with van der Waals surface area (Å²) >= 11 is 31.9. The molecule has 1 heterocycles. The molecular weight excluding hydrogens is 1260 g/mol. The molecule has 0 amide bonds. The summed E-state index contributed by atoms with van der Waals surface area (Å²) in [6.45, 7) is 13.5. The molecule has 0 radical (unpaired) electrons. The van der Waals surface area contributed by atoms with Crippen LogP contribution in [0.25, 0.3) is 0 Å². The maximum Gasteiger partial charge on any atom is 0.0297 e. The molecule has 0 aromatic rings. The summed E-state index contributed by atoms with van der Waals surface area (Å²) in [4.78, 5) is 32.1. The fourth-order valence-electron chi connectivity index (χ4n) is 0.899. The minimum Gasteiger partial charge on any atom is -0.0148 e. The van der Waals surface area contributed by atoms with Crippen molar-refractivity contribution in [2.75, 3.05) is 0 Å². The van der Waals surface area contributed by atoms with E-state index in [1.807, 2.05) is 18.2 Å². The predicted molar refractivity (Wildman–Crippen MR) is 219 cm³/mol. The Bertz CT molecular complexity index is 703. The van der Waals surface area contributed by atoms with Crippen molar-refractivity contribution in [3.8, 4) is 0 Å². The molecule has 1 aliphatic heterocycles. The summed E-state index contributed by atoms with van der Waals surface area (Å²) in [6, 6.07) is 0. The Hall–Kier alpha value is 4.05. The number of Topliss-reactive ketones (excluding diaryl/α,β-unsaturated/α-hetero) is 2. The first kappa shape index (κ1) is 55.9. The van der Waals surface area contributed by atoms with Crippen LogP contribution < -0.4 is 29.6 Å². The van der Waals surface area contributed by atoms with E-state index in [4.69, 9.17) is 18.0 Å². The summed E-state index contributed by atoms with van der Waals surface area (Å²) in [5.74, 6) is 0.0661. The van der Waals surface area contributed by atoms with Gasteiger partial charge in [0.1, 0.15) is 20.0 Å². The van der Waals surface area contributed by atoms with Crippen LogP contribution in [0.3, 0.4) is 0 Å². The van der Waals surface area contributed by atoms with Crippen molar-refractivity contribution in [1.29, 1.82) is 0 Å². The fraction of sp³-hybridized carbons (Fsp3) is 0.667. The molecule has 0 aromatic carbocycles. The number of ketones is 2. The van der Waals surface area contributed by atoms with Gasteiger partial charge in [-0.1, -0.05) is 31.9 Å². The molecule has 0 saturated carbocycles. The van der Waals surface area contributed by atoms with Gasteiger partial charge in [-0.25, -0.2) is 0 Å². The van der Waals surface area contributed by atoms with Gasteiger partial charge in [0.25, 0.3) is 0 Å². The number of nitrogens with one attached hydrogen (secondary N) is 2. The molecule has 1 fully saturated rings. The Balaban J connectivity index is -0.0000000601. The number of thiol groups is 1. The van der Waals surface area contributed by atoms with Crippen molar-refractivity contribution < 1.29 is 27.6 Å². The van der Waals surface area contributed by atoms with Gasteiger partial charge in [-0.3, -0.25) is 14.4 Å². The number of carbonyl (C=O) groups excluding carboxylic acids is 3. The standard InChI is InChI=1S/C6H11NOS2.C5H7NOS2.C5H11NO.CS2.CH4.I3.I2.HI/c1-4(8)6(2,3)7-5(9)10;1-5(2)3(7)9-4(8)6-5;1-4(7)5(2,3)6;2-1-3;;1-3-2;1-2;/h1-3H3,(H2,7,9,10);1-2H3,(H,6,8);6H2,1-3H3;;1H4;;;1H/q;;;;;-1;;. The molecule has 1 aliphatic rings. The van der Waals surface area contributed by atoms with Gasteiger partial charge in [0.15, 0.2) is 5.78 Å². The summed E-state index contributed by atoms with van der Waals surface area (Å²) in [7, 11) is 0. The smallest absolute Gasteiger partial charge is 0.0148 e. The fourth-order valence-corrected chi connectivity index (χ4v) is 2.70. The third-order valence-corrected chi connectivity index (χ3v) is 4.87. The molecule has 0 aromatic heterocycles. The van der Waals surface area contributed by atoms with Crippen LogP contribution in [0, 0.1) is 0 Å². The van der Waals surface area contributed by atoms with E-state index < -0.39 is 16.6 Å². The number of halogens is 6. The van der Waals surface area contributed by atoms with Crippen molar-refractivity contribution in [3.05, 3.63) is 0 Å². The van der Waals surface area contributed by atoms with Gasteiger partial charge in [0.2, 0.25) is 5.12 Å². The van der Waals surface area contributed by atoms with Crippen LogP contribution in [-0.4, -0.2) is 46.3 Å². The molecule has 1 saturated heterocycles. The van der Waals surface area contributed by atoms with E-state index in [0.29, 0.717) is 21.9 Å². The largest absolute Gasteiger partial charge is 0.0297 e. The van der Waals surface area contributed by atoms with Crippen LogP contribution in [0.5, 0.6) is 0 Å². The zero-order valence-electron chi connectivity index (χ0n) is 20.1. The molecule has 36 heavy (non-hydrogen) atoms. The van der Waals surface area contributed by atoms with E-state index >= 15 is 0 Å². The first-order valence-corrected chi connectivity index (χ1v) is 30.3. The number of rotatable bonds is 3. The second kappa shape index (κ2) is 32.0. The second-order valence-corrected chi connectivity index (χ2v) is 27.2. The Kier molecular flexibility index (Phi) is 49.7. The molecule has 218 valence electrons. The first-order chi connectivity index (χ1) is 15.2. The number of thiocarbonyl (C=S) groups is 4. The SMILES string of the molecule is C.CC(=O)C(C)(C)N.CC(=O)C(C)(C)NC(=S)S.CC1(C)NC(=S)SC1=O.I.II.I[I-]I.S=C=S. The number of nitrogens with two attached hydrogens (primary N) is 1. The van der Waals surface area contributed by atoms with Gasteiger partial charge in [0, 0.05) is 41.5 Å². The number of hydrogen-bond acceptors (Lipinski definition) is 9. The molecule has 6 nitrogen and oxygen atoms in total. The van der Waals surface area contributed by atoms with E-state index in [9.17, 15) is 14.4 Å². The first-order valence-electron chi connectivity index (χ1n) is 8.53. The van der Waals surface area contributed by atoms with Gasteiger partial charge in [-0.05, 0) is 91.6 Å². The van der Waals surface area contributed by atoms with E-state index in [-0.39, 0.29) is 48.1 Å². The van der Waals surface area contributed by atoms with Crippen LogP contribution in [0.2, 0.25) is 0 Å². The van der Waals surface area contributed by atoms with Crippen molar-refractivity contribution >= 4 is 201 Å². The van der Waals surface area contributed by atoms with Crippen molar-refractivity contribution in [2.24, 2.45) is 5.73 Å². The van der Waals surface area contributed by atoms with E-state index in [1.54, 1.807) is 27.7 Å². The van der Waals surface area contributed by atoms with Gasteiger partial charge >= 0.3 is 50.5 Å². The minimum atomic E-state index is -0.639. The van der Waals surface area contributed by atoms with Gasteiger partial charge in [0.05, 0.1) is 11.1 Å². The molecule has 4 N–H and O–H groups in total. The maximum absolute atomic E-state index is 10.9. The average Bonchev–Trinajstić information content (AvgIpc) is 2.87. The van der Waals surface area contributed by atoms with Crippen LogP contribution in [0.4, 0.5) is 0 Å². The zero-order valence-corrected chi connectivity index (χ0v) is 38.2. The monoisotopic (exact) mass is 1290 g/mol. The van der Waals surface area contributed by atoms with Crippen molar-refractivity contribution in [1.82, 2.24) is 10.6 Å².